The fourth-order valence-electron chi connectivity index (χ4n) is 2.84. The lowest BCUT2D eigenvalue weighted by Crippen LogP contribution is -2.54. The van der Waals surface area contributed by atoms with E-state index in [4.69, 9.17) is 0 Å². The number of aromatic nitrogens is 2. The fourth-order valence-corrected chi connectivity index (χ4v) is 3.64. The molecule has 114 valence electrons. The van der Waals surface area contributed by atoms with Gasteiger partial charge in [0.25, 0.3) is 5.56 Å². The van der Waals surface area contributed by atoms with E-state index >= 15 is 0 Å². The summed E-state index contributed by atoms with van der Waals surface area (Å²) in [4.78, 5) is 21.8. The largest absolute Gasteiger partial charge is 0.340 e. The molecule has 1 aliphatic rings. The van der Waals surface area contributed by atoms with E-state index in [9.17, 15) is 4.79 Å². The summed E-state index contributed by atoms with van der Waals surface area (Å²) in [7, 11) is 1.82. The second-order valence-corrected chi connectivity index (χ2v) is 7.47. The molecule has 6 heteroatoms. The van der Waals surface area contributed by atoms with Crippen LogP contribution in [0.2, 0.25) is 0 Å². The number of anilines is 1. The van der Waals surface area contributed by atoms with E-state index in [1.807, 2.05) is 18.5 Å². The lowest BCUT2D eigenvalue weighted by molar-refractivity contribution is 0.128. The van der Waals surface area contributed by atoms with Crippen molar-refractivity contribution < 1.29 is 0 Å². The maximum absolute atomic E-state index is 12.4. The van der Waals surface area contributed by atoms with Crippen molar-refractivity contribution in [1.29, 1.82) is 0 Å². The molecule has 2 aromatic rings. The van der Waals surface area contributed by atoms with Crippen molar-refractivity contribution in [2.75, 3.05) is 31.1 Å². The standard InChI is InChI=1S/C15H22N4OS/c1-15(2,3)19-8-6-18(7-9-19)14-16-11-5-10-21-12(11)13(20)17(14)4/h5,10H,6-9H2,1-4H3. The third-order valence-electron chi connectivity index (χ3n) is 4.17. The molecule has 0 aromatic carbocycles. The molecule has 0 atom stereocenters. The second kappa shape index (κ2) is 5.10. The zero-order chi connectivity index (χ0) is 15.2. The van der Waals surface area contributed by atoms with Crippen LogP contribution in [0.25, 0.3) is 10.2 Å². The van der Waals surface area contributed by atoms with Gasteiger partial charge < -0.3 is 4.90 Å². The number of piperazine rings is 1. The predicted molar refractivity (Wildman–Crippen MR) is 88.4 cm³/mol. The van der Waals surface area contributed by atoms with Gasteiger partial charge in [0.1, 0.15) is 4.70 Å². The van der Waals surface area contributed by atoms with Gasteiger partial charge in [-0.1, -0.05) is 0 Å². The Bertz CT molecular complexity index is 705. The van der Waals surface area contributed by atoms with E-state index in [1.54, 1.807) is 4.57 Å². The van der Waals surface area contributed by atoms with Crippen LogP contribution in [0, 0.1) is 0 Å². The summed E-state index contributed by atoms with van der Waals surface area (Å²) in [5, 5.41) is 1.93. The minimum atomic E-state index is 0.0586. The Hall–Kier alpha value is -1.40. The van der Waals surface area contributed by atoms with Gasteiger partial charge in [0, 0.05) is 38.8 Å². The molecule has 0 saturated carbocycles. The van der Waals surface area contributed by atoms with Gasteiger partial charge in [-0.3, -0.25) is 14.3 Å². The molecular formula is C15H22N4OS. The van der Waals surface area contributed by atoms with E-state index in [0.717, 1.165) is 42.3 Å². The quantitative estimate of drug-likeness (QED) is 0.807. The number of fused-ring (bicyclic) bond motifs is 1. The van der Waals surface area contributed by atoms with Crippen LogP contribution >= 0.6 is 11.3 Å². The average Bonchev–Trinajstić information content (AvgIpc) is 2.90. The van der Waals surface area contributed by atoms with E-state index in [-0.39, 0.29) is 11.1 Å². The minimum Gasteiger partial charge on any atom is -0.340 e. The van der Waals surface area contributed by atoms with Gasteiger partial charge in [-0.15, -0.1) is 11.3 Å². The molecule has 2 aromatic heterocycles. The van der Waals surface area contributed by atoms with Crippen LogP contribution in [-0.4, -0.2) is 46.2 Å². The Kier molecular flexibility index (Phi) is 3.53. The summed E-state index contributed by atoms with van der Waals surface area (Å²) in [6.45, 7) is 10.6. The van der Waals surface area contributed by atoms with E-state index in [2.05, 4.69) is 35.6 Å². The minimum absolute atomic E-state index is 0.0586. The molecule has 3 heterocycles. The van der Waals surface area contributed by atoms with Crippen LogP contribution in [-0.2, 0) is 7.05 Å². The summed E-state index contributed by atoms with van der Waals surface area (Å²) in [6.07, 6.45) is 0. The number of thiophene rings is 1. The molecular weight excluding hydrogens is 284 g/mol. The third kappa shape index (κ3) is 2.58. The molecule has 3 rings (SSSR count). The SMILES string of the molecule is Cn1c(N2CCN(C(C)(C)C)CC2)nc2ccsc2c1=O. The van der Waals surface area contributed by atoms with E-state index < -0.39 is 0 Å². The molecule has 0 bridgehead atoms. The molecule has 0 amide bonds. The third-order valence-corrected chi connectivity index (χ3v) is 5.07. The highest BCUT2D eigenvalue weighted by Gasteiger charge is 2.27. The summed E-state index contributed by atoms with van der Waals surface area (Å²) >= 11 is 1.46. The van der Waals surface area contributed by atoms with Crippen LogP contribution in [0.3, 0.4) is 0 Å². The first-order chi connectivity index (χ1) is 9.88. The summed E-state index contributed by atoms with van der Waals surface area (Å²) < 4.78 is 2.43. The summed E-state index contributed by atoms with van der Waals surface area (Å²) in [6, 6.07) is 1.93. The van der Waals surface area contributed by atoms with Gasteiger partial charge in [0.15, 0.2) is 0 Å². The molecule has 1 aliphatic heterocycles. The Balaban J connectivity index is 1.89. The van der Waals surface area contributed by atoms with Crippen LogP contribution < -0.4 is 10.5 Å². The van der Waals surface area contributed by atoms with Gasteiger partial charge >= 0.3 is 0 Å². The number of hydrogen-bond acceptors (Lipinski definition) is 5. The zero-order valence-electron chi connectivity index (χ0n) is 13.1. The van der Waals surface area contributed by atoms with Crippen LogP contribution in [0.1, 0.15) is 20.8 Å². The average molecular weight is 306 g/mol. The van der Waals surface area contributed by atoms with E-state index in [1.165, 1.54) is 11.3 Å². The van der Waals surface area contributed by atoms with Crippen molar-refractivity contribution >= 4 is 27.5 Å². The van der Waals surface area contributed by atoms with Gasteiger partial charge in [0.05, 0.1) is 5.52 Å². The van der Waals surface area contributed by atoms with Crippen molar-refractivity contribution in [2.45, 2.75) is 26.3 Å². The highest BCUT2D eigenvalue weighted by molar-refractivity contribution is 7.17. The van der Waals surface area contributed by atoms with Crippen molar-refractivity contribution in [3.63, 3.8) is 0 Å². The van der Waals surface area contributed by atoms with E-state index in [0.29, 0.717) is 0 Å². The van der Waals surface area contributed by atoms with Gasteiger partial charge in [-0.2, -0.15) is 0 Å². The molecule has 0 spiro atoms. The highest BCUT2D eigenvalue weighted by atomic mass is 32.1. The number of rotatable bonds is 1. The fraction of sp³-hybridized carbons (Fsp3) is 0.600. The summed E-state index contributed by atoms with van der Waals surface area (Å²) in [5.74, 6) is 0.791. The van der Waals surface area contributed by atoms with Crippen molar-refractivity contribution in [3.8, 4) is 0 Å². The predicted octanol–water partition coefficient (Wildman–Crippen LogP) is 1.92. The Morgan fingerprint density at radius 2 is 1.86 bits per heavy atom. The smallest absolute Gasteiger partial charge is 0.272 e. The van der Waals surface area contributed by atoms with Gasteiger partial charge in [-0.05, 0) is 32.2 Å². The first-order valence-electron chi connectivity index (χ1n) is 7.32. The molecule has 1 fully saturated rings. The molecule has 21 heavy (non-hydrogen) atoms. The van der Waals surface area contributed by atoms with Gasteiger partial charge in [-0.25, -0.2) is 4.98 Å². The van der Waals surface area contributed by atoms with Gasteiger partial charge in [0.2, 0.25) is 5.95 Å². The monoisotopic (exact) mass is 306 g/mol. The number of hydrogen-bond donors (Lipinski definition) is 0. The molecule has 0 N–H and O–H groups in total. The normalized spacial score (nSPS) is 17.6. The van der Waals surface area contributed by atoms with Crippen LogP contribution in [0.4, 0.5) is 5.95 Å². The molecule has 0 radical (unpaired) electrons. The molecule has 1 saturated heterocycles. The molecule has 0 unspecified atom stereocenters. The first-order valence-corrected chi connectivity index (χ1v) is 8.20. The topological polar surface area (TPSA) is 41.4 Å². The highest BCUT2D eigenvalue weighted by Crippen LogP contribution is 2.21. The maximum Gasteiger partial charge on any atom is 0.272 e. The Labute approximate surface area is 128 Å². The number of nitrogens with zero attached hydrogens (tertiary/aromatic N) is 4. The first kappa shape index (κ1) is 14.5. The van der Waals surface area contributed by atoms with Crippen molar-refractivity contribution in [1.82, 2.24) is 14.5 Å². The molecule has 5 nitrogen and oxygen atoms in total. The lowest BCUT2D eigenvalue weighted by atomic mass is 10.1. The maximum atomic E-state index is 12.4. The van der Waals surface area contributed by atoms with Crippen LogP contribution in [0.5, 0.6) is 0 Å². The zero-order valence-corrected chi connectivity index (χ0v) is 13.9. The lowest BCUT2D eigenvalue weighted by Gasteiger charge is -2.42. The summed E-state index contributed by atoms with van der Waals surface area (Å²) in [5.41, 5.74) is 1.07. The van der Waals surface area contributed by atoms with Crippen molar-refractivity contribution in [3.05, 3.63) is 21.8 Å². The Morgan fingerprint density at radius 1 is 1.19 bits per heavy atom. The van der Waals surface area contributed by atoms with Crippen molar-refractivity contribution in [2.24, 2.45) is 7.05 Å². The molecule has 0 aliphatic carbocycles. The Morgan fingerprint density at radius 3 is 2.48 bits per heavy atom. The second-order valence-electron chi connectivity index (χ2n) is 6.56. The van der Waals surface area contributed by atoms with Crippen LogP contribution in [0.15, 0.2) is 16.2 Å².